The molecule has 0 N–H and O–H groups in total. The third-order valence-electron chi connectivity index (χ3n) is 6.23. The summed E-state index contributed by atoms with van der Waals surface area (Å²) in [5, 5.41) is 0. The van der Waals surface area contributed by atoms with E-state index in [1.807, 2.05) is 0 Å². The summed E-state index contributed by atoms with van der Waals surface area (Å²) in [5.74, 6) is 1.05. The SMILES string of the molecule is CCCCCC1(CCc2ccc(OCCCC)cc2C)CCCCC1. The van der Waals surface area contributed by atoms with Crippen molar-refractivity contribution in [3.63, 3.8) is 0 Å². The first kappa shape index (κ1) is 20.3. The molecule has 0 bridgehead atoms. The molecule has 0 saturated heterocycles. The van der Waals surface area contributed by atoms with Crippen LogP contribution in [-0.4, -0.2) is 6.61 Å². The lowest BCUT2D eigenvalue weighted by Gasteiger charge is -2.38. The normalized spacial score (nSPS) is 16.8. The lowest BCUT2D eigenvalue weighted by Crippen LogP contribution is -2.25. The predicted molar refractivity (Wildman–Crippen MR) is 110 cm³/mol. The van der Waals surface area contributed by atoms with Crippen molar-refractivity contribution in [2.24, 2.45) is 5.41 Å². The van der Waals surface area contributed by atoms with Gasteiger partial charge < -0.3 is 4.74 Å². The van der Waals surface area contributed by atoms with Gasteiger partial charge in [0.2, 0.25) is 0 Å². The van der Waals surface area contributed by atoms with Crippen molar-refractivity contribution in [2.45, 2.75) is 104 Å². The van der Waals surface area contributed by atoms with Gasteiger partial charge in [0.1, 0.15) is 5.75 Å². The Morgan fingerprint density at radius 3 is 2.36 bits per heavy atom. The average Bonchev–Trinajstić information content (AvgIpc) is 2.62. The Morgan fingerprint density at radius 1 is 0.920 bits per heavy atom. The third kappa shape index (κ3) is 6.68. The van der Waals surface area contributed by atoms with Crippen LogP contribution in [0.1, 0.15) is 102 Å². The number of ether oxygens (including phenoxy) is 1. The number of aryl methyl sites for hydroxylation is 2. The van der Waals surface area contributed by atoms with E-state index in [9.17, 15) is 0 Å². The maximum Gasteiger partial charge on any atom is 0.119 e. The number of benzene rings is 1. The van der Waals surface area contributed by atoms with Gasteiger partial charge >= 0.3 is 0 Å². The van der Waals surface area contributed by atoms with Gasteiger partial charge in [-0.2, -0.15) is 0 Å². The van der Waals surface area contributed by atoms with Gasteiger partial charge in [0.25, 0.3) is 0 Å². The second-order valence-corrected chi connectivity index (χ2v) is 8.31. The van der Waals surface area contributed by atoms with Gasteiger partial charge in [-0.3, -0.25) is 0 Å². The first-order valence-electron chi connectivity index (χ1n) is 10.9. The number of rotatable bonds is 11. The Balaban J connectivity index is 1.92. The summed E-state index contributed by atoms with van der Waals surface area (Å²) in [7, 11) is 0. The Morgan fingerprint density at radius 2 is 1.68 bits per heavy atom. The Kier molecular flexibility index (Phi) is 8.85. The lowest BCUT2D eigenvalue weighted by molar-refractivity contribution is 0.152. The zero-order chi connectivity index (χ0) is 18.0. The number of hydrogen-bond donors (Lipinski definition) is 0. The Hall–Kier alpha value is -0.980. The van der Waals surface area contributed by atoms with Gasteiger partial charge in [0.05, 0.1) is 6.61 Å². The summed E-state index contributed by atoms with van der Waals surface area (Å²) >= 11 is 0. The molecule has 25 heavy (non-hydrogen) atoms. The molecule has 1 aromatic rings. The van der Waals surface area contributed by atoms with Crippen LogP contribution in [0.25, 0.3) is 0 Å². The van der Waals surface area contributed by atoms with Crippen LogP contribution >= 0.6 is 0 Å². The van der Waals surface area contributed by atoms with E-state index in [0.29, 0.717) is 5.41 Å². The molecule has 0 atom stereocenters. The highest BCUT2D eigenvalue weighted by Gasteiger charge is 2.31. The van der Waals surface area contributed by atoms with Gasteiger partial charge in [-0.25, -0.2) is 0 Å². The van der Waals surface area contributed by atoms with Gasteiger partial charge in [-0.15, -0.1) is 0 Å². The van der Waals surface area contributed by atoms with E-state index in [1.54, 1.807) is 0 Å². The Bertz CT molecular complexity index is 485. The van der Waals surface area contributed by atoms with Crippen molar-refractivity contribution in [3.8, 4) is 5.75 Å². The molecular weight excluding hydrogens is 304 g/mol. The maximum atomic E-state index is 5.86. The fourth-order valence-electron chi connectivity index (χ4n) is 4.45. The van der Waals surface area contributed by atoms with E-state index in [1.165, 1.54) is 88.2 Å². The monoisotopic (exact) mass is 344 g/mol. The van der Waals surface area contributed by atoms with E-state index in [2.05, 4.69) is 39.0 Å². The zero-order valence-electron chi connectivity index (χ0n) is 17.0. The minimum atomic E-state index is 0.635. The minimum Gasteiger partial charge on any atom is -0.494 e. The molecule has 1 aliphatic rings. The van der Waals surface area contributed by atoms with Crippen LogP contribution in [0.4, 0.5) is 0 Å². The molecule has 1 aliphatic carbocycles. The maximum absolute atomic E-state index is 5.86. The summed E-state index contributed by atoms with van der Waals surface area (Å²) in [6, 6.07) is 6.75. The molecule has 0 aliphatic heterocycles. The first-order chi connectivity index (χ1) is 12.2. The van der Waals surface area contributed by atoms with Gasteiger partial charge in [0.15, 0.2) is 0 Å². The van der Waals surface area contributed by atoms with E-state index >= 15 is 0 Å². The van der Waals surface area contributed by atoms with Crippen LogP contribution < -0.4 is 4.74 Å². The van der Waals surface area contributed by atoms with Gasteiger partial charge in [-0.05, 0) is 74.1 Å². The van der Waals surface area contributed by atoms with Crippen molar-refractivity contribution in [2.75, 3.05) is 6.61 Å². The smallest absolute Gasteiger partial charge is 0.119 e. The minimum absolute atomic E-state index is 0.635. The number of hydrogen-bond acceptors (Lipinski definition) is 1. The van der Waals surface area contributed by atoms with Crippen LogP contribution in [0.2, 0.25) is 0 Å². The molecular formula is C24H40O. The first-order valence-corrected chi connectivity index (χ1v) is 10.9. The van der Waals surface area contributed by atoms with Crippen LogP contribution in [0.3, 0.4) is 0 Å². The van der Waals surface area contributed by atoms with E-state index in [4.69, 9.17) is 4.74 Å². The molecule has 0 aromatic heterocycles. The van der Waals surface area contributed by atoms with Crippen LogP contribution in [0.5, 0.6) is 5.75 Å². The van der Waals surface area contributed by atoms with Crippen LogP contribution in [0, 0.1) is 12.3 Å². The molecule has 142 valence electrons. The summed E-state index contributed by atoms with van der Waals surface area (Å²) < 4.78 is 5.86. The highest BCUT2D eigenvalue weighted by molar-refractivity contribution is 5.35. The Labute approximate surface area is 156 Å². The van der Waals surface area contributed by atoms with Gasteiger partial charge in [-0.1, -0.05) is 64.9 Å². The second-order valence-electron chi connectivity index (χ2n) is 8.31. The highest BCUT2D eigenvalue weighted by Crippen LogP contribution is 2.44. The summed E-state index contributed by atoms with van der Waals surface area (Å²) in [5.41, 5.74) is 3.58. The van der Waals surface area contributed by atoms with Crippen molar-refractivity contribution >= 4 is 0 Å². The van der Waals surface area contributed by atoms with Gasteiger partial charge in [0, 0.05) is 0 Å². The third-order valence-corrected chi connectivity index (χ3v) is 6.23. The lowest BCUT2D eigenvalue weighted by atomic mass is 9.67. The van der Waals surface area contributed by atoms with E-state index in [-0.39, 0.29) is 0 Å². The average molecular weight is 345 g/mol. The van der Waals surface area contributed by atoms with Crippen molar-refractivity contribution < 1.29 is 4.74 Å². The molecule has 0 heterocycles. The molecule has 2 rings (SSSR count). The number of unbranched alkanes of at least 4 members (excludes halogenated alkanes) is 3. The predicted octanol–water partition coefficient (Wildman–Crippen LogP) is 7.64. The molecule has 0 amide bonds. The molecule has 1 aromatic carbocycles. The quantitative estimate of drug-likeness (QED) is 0.375. The second kappa shape index (κ2) is 10.9. The summed E-state index contributed by atoms with van der Waals surface area (Å²) in [4.78, 5) is 0. The van der Waals surface area contributed by atoms with E-state index < -0.39 is 0 Å². The van der Waals surface area contributed by atoms with Crippen molar-refractivity contribution in [1.82, 2.24) is 0 Å². The molecule has 0 radical (unpaired) electrons. The van der Waals surface area contributed by atoms with Crippen LogP contribution in [-0.2, 0) is 6.42 Å². The van der Waals surface area contributed by atoms with E-state index in [0.717, 1.165) is 18.8 Å². The molecule has 1 fully saturated rings. The standard InChI is InChI=1S/C24H40O/c1-4-6-9-15-24(16-10-8-11-17-24)18-14-22-12-13-23(20-21(22)3)25-19-7-5-2/h12-13,20H,4-11,14-19H2,1-3H3. The largest absolute Gasteiger partial charge is 0.494 e. The van der Waals surface area contributed by atoms with Crippen molar-refractivity contribution in [1.29, 1.82) is 0 Å². The fraction of sp³-hybridized carbons (Fsp3) is 0.750. The molecule has 1 saturated carbocycles. The molecule has 0 unspecified atom stereocenters. The fourth-order valence-corrected chi connectivity index (χ4v) is 4.45. The molecule has 1 nitrogen and oxygen atoms in total. The van der Waals surface area contributed by atoms with Crippen molar-refractivity contribution in [3.05, 3.63) is 29.3 Å². The molecule has 1 heteroatoms. The summed E-state index contributed by atoms with van der Waals surface area (Å²) in [6.45, 7) is 7.63. The highest BCUT2D eigenvalue weighted by atomic mass is 16.5. The molecule has 0 spiro atoms. The topological polar surface area (TPSA) is 9.23 Å². The van der Waals surface area contributed by atoms with Crippen LogP contribution in [0.15, 0.2) is 18.2 Å². The summed E-state index contributed by atoms with van der Waals surface area (Å²) in [6.07, 6.45) is 17.9. The zero-order valence-corrected chi connectivity index (χ0v) is 17.0.